The fourth-order valence-electron chi connectivity index (χ4n) is 5.94. The van der Waals surface area contributed by atoms with Crippen LogP contribution in [0.3, 0.4) is 0 Å². The predicted octanol–water partition coefficient (Wildman–Crippen LogP) is 6.45. The SMILES string of the molecule is CC.CC.CN1CCN(c2ccc3c(C4CCN(C(=O)Nc5ccc(N6CCCC6)cc5)CC4)ncnc3c2)CC1. The second-order valence-corrected chi connectivity index (χ2v) is 10.7. The number of piperidine rings is 1. The molecule has 2 amide bonds. The van der Waals surface area contributed by atoms with E-state index in [2.05, 4.69) is 62.4 Å². The highest BCUT2D eigenvalue weighted by molar-refractivity contribution is 5.89. The maximum Gasteiger partial charge on any atom is 0.321 e. The molecule has 222 valence electrons. The summed E-state index contributed by atoms with van der Waals surface area (Å²) in [5.41, 5.74) is 5.47. The molecule has 41 heavy (non-hydrogen) atoms. The molecular formula is C33H49N7O. The van der Waals surface area contributed by atoms with Gasteiger partial charge in [0.05, 0.1) is 11.2 Å². The molecule has 0 unspecified atom stereocenters. The molecule has 0 saturated carbocycles. The van der Waals surface area contributed by atoms with Crippen molar-refractivity contribution in [1.82, 2.24) is 19.8 Å². The third-order valence-electron chi connectivity index (χ3n) is 8.28. The lowest BCUT2D eigenvalue weighted by Crippen LogP contribution is -2.44. The number of carbonyl (C=O) groups is 1. The summed E-state index contributed by atoms with van der Waals surface area (Å²) in [6.07, 6.45) is 6.05. The van der Waals surface area contributed by atoms with E-state index in [4.69, 9.17) is 4.98 Å². The van der Waals surface area contributed by atoms with Crippen LogP contribution in [-0.4, -0.2) is 85.2 Å². The average Bonchev–Trinajstić information content (AvgIpc) is 3.59. The van der Waals surface area contributed by atoms with Crippen molar-refractivity contribution in [2.45, 2.75) is 59.3 Å². The fraction of sp³-hybridized carbons (Fsp3) is 0.545. The Morgan fingerprint density at radius 1 is 0.756 bits per heavy atom. The number of rotatable bonds is 4. The first-order valence-corrected chi connectivity index (χ1v) is 15.7. The van der Waals surface area contributed by atoms with Crippen LogP contribution in [0.25, 0.3) is 10.9 Å². The predicted molar refractivity (Wildman–Crippen MR) is 172 cm³/mol. The monoisotopic (exact) mass is 559 g/mol. The lowest BCUT2D eigenvalue weighted by Gasteiger charge is -2.34. The van der Waals surface area contributed by atoms with Gasteiger partial charge in [0.25, 0.3) is 0 Å². The van der Waals surface area contributed by atoms with Crippen molar-refractivity contribution in [3.63, 3.8) is 0 Å². The van der Waals surface area contributed by atoms with Crippen LogP contribution in [0.1, 0.15) is 65.0 Å². The first-order valence-electron chi connectivity index (χ1n) is 15.7. The van der Waals surface area contributed by atoms with Crippen LogP contribution in [0.5, 0.6) is 0 Å². The zero-order valence-electron chi connectivity index (χ0n) is 25.8. The number of benzene rings is 2. The van der Waals surface area contributed by atoms with Crippen LogP contribution >= 0.6 is 0 Å². The number of likely N-dealkylation sites (tertiary alicyclic amines) is 1. The van der Waals surface area contributed by atoms with E-state index in [1.165, 1.54) is 24.2 Å². The summed E-state index contributed by atoms with van der Waals surface area (Å²) >= 11 is 0. The highest BCUT2D eigenvalue weighted by Crippen LogP contribution is 2.33. The van der Waals surface area contributed by atoms with Crippen molar-refractivity contribution in [1.29, 1.82) is 0 Å². The van der Waals surface area contributed by atoms with Gasteiger partial charge in [0.2, 0.25) is 0 Å². The zero-order valence-corrected chi connectivity index (χ0v) is 25.8. The van der Waals surface area contributed by atoms with Crippen LogP contribution in [0.4, 0.5) is 21.9 Å². The van der Waals surface area contributed by atoms with E-state index in [1.54, 1.807) is 6.33 Å². The van der Waals surface area contributed by atoms with Crippen molar-refractivity contribution in [2.75, 3.05) is 74.5 Å². The minimum Gasteiger partial charge on any atom is -0.372 e. The number of hydrogen-bond acceptors (Lipinski definition) is 6. The van der Waals surface area contributed by atoms with Crippen molar-refractivity contribution < 1.29 is 4.79 Å². The van der Waals surface area contributed by atoms with Gasteiger partial charge in [-0.1, -0.05) is 27.7 Å². The average molecular weight is 560 g/mol. The van der Waals surface area contributed by atoms with Crippen LogP contribution < -0.4 is 15.1 Å². The molecule has 0 aliphatic carbocycles. The number of nitrogens with one attached hydrogen (secondary N) is 1. The summed E-state index contributed by atoms with van der Waals surface area (Å²) < 4.78 is 0. The van der Waals surface area contributed by atoms with Gasteiger partial charge in [0, 0.05) is 80.7 Å². The standard InChI is InChI=1S/C29H37N7O.2C2H6/c1-33-16-18-35(19-17-33)25-8-9-26-27(20-25)30-21-31-28(26)22-10-14-36(15-11-22)29(37)32-23-4-6-24(7-5-23)34-12-2-3-13-34;2*1-2/h4-9,20-22H,2-3,10-19H2,1H3,(H,32,37);2*1-2H3. The molecule has 8 nitrogen and oxygen atoms in total. The van der Waals surface area contributed by atoms with Gasteiger partial charge in [-0.15, -0.1) is 0 Å². The molecule has 3 aliphatic heterocycles. The van der Waals surface area contributed by atoms with E-state index in [0.717, 1.165) is 87.5 Å². The summed E-state index contributed by atoms with van der Waals surface area (Å²) in [6, 6.07) is 14.9. The topological polar surface area (TPSA) is 67.8 Å². The van der Waals surface area contributed by atoms with E-state index in [0.29, 0.717) is 5.92 Å². The smallest absolute Gasteiger partial charge is 0.321 e. The lowest BCUT2D eigenvalue weighted by atomic mass is 9.91. The second kappa shape index (κ2) is 15.0. The molecule has 4 heterocycles. The summed E-state index contributed by atoms with van der Waals surface area (Å²) in [7, 11) is 2.18. The molecule has 3 saturated heterocycles. The molecule has 6 rings (SSSR count). The number of anilines is 3. The molecule has 3 aromatic rings. The molecule has 3 aliphatic rings. The zero-order chi connectivity index (χ0) is 29.2. The first-order chi connectivity index (χ1) is 20.1. The summed E-state index contributed by atoms with van der Waals surface area (Å²) in [4.78, 5) is 31.4. The van der Waals surface area contributed by atoms with Crippen LogP contribution in [0.2, 0.25) is 0 Å². The summed E-state index contributed by atoms with van der Waals surface area (Å²) in [6.45, 7) is 16.0. The Labute approximate surface area is 246 Å². The molecule has 1 N–H and O–H groups in total. The lowest BCUT2D eigenvalue weighted by molar-refractivity contribution is 0.194. The van der Waals surface area contributed by atoms with E-state index in [-0.39, 0.29) is 6.03 Å². The van der Waals surface area contributed by atoms with Gasteiger partial charge in [-0.2, -0.15) is 0 Å². The molecule has 0 bridgehead atoms. The molecular weight excluding hydrogens is 510 g/mol. The number of nitrogens with zero attached hydrogens (tertiary/aromatic N) is 6. The Bertz CT molecular complexity index is 1230. The molecule has 8 heteroatoms. The number of amides is 2. The summed E-state index contributed by atoms with van der Waals surface area (Å²) in [5.74, 6) is 0.337. The molecule has 0 spiro atoms. The maximum atomic E-state index is 12.9. The van der Waals surface area contributed by atoms with Gasteiger partial charge >= 0.3 is 6.03 Å². The number of likely N-dealkylation sites (N-methyl/N-ethyl adjacent to an activating group) is 1. The molecule has 1 aromatic heterocycles. The van der Waals surface area contributed by atoms with E-state index >= 15 is 0 Å². The number of aromatic nitrogens is 2. The van der Waals surface area contributed by atoms with Crippen molar-refractivity contribution in [2.24, 2.45) is 0 Å². The highest BCUT2D eigenvalue weighted by atomic mass is 16.2. The summed E-state index contributed by atoms with van der Waals surface area (Å²) in [5, 5.41) is 4.23. The van der Waals surface area contributed by atoms with Gasteiger partial charge in [-0.3, -0.25) is 0 Å². The fourth-order valence-corrected chi connectivity index (χ4v) is 5.94. The Kier molecular flexibility index (Phi) is 11.2. The number of piperazine rings is 1. The first kappa shape index (κ1) is 30.6. The number of carbonyl (C=O) groups excluding carboxylic acids is 1. The maximum absolute atomic E-state index is 12.9. The Balaban J connectivity index is 0.000000929. The minimum absolute atomic E-state index is 0.0169. The third-order valence-corrected chi connectivity index (χ3v) is 8.28. The highest BCUT2D eigenvalue weighted by Gasteiger charge is 2.26. The number of fused-ring (bicyclic) bond motifs is 1. The quantitative estimate of drug-likeness (QED) is 0.397. The number of hydrogen-bond donors (Lipinski definition) is 1. The Morgan fingerprint density at radius 2 is 1.37 bits per heavy atom. The van der Waals surface area contributed by atoms with E-state index in [1.807, 2.05) is 44.7 Å². The van der Waals surface area contributed by atoms with Crippen LogP contribution in [0.15, 0.2) is 48.8 Å². The molecule has 2 aromatic carbocycles. The molecule has 3 fully saturated rings. The van der Waals surface area contributed by atoms with E-state index < -0.39 is 0 Å². The Morgan fingerprint density at radius 3 is 2.02 bits per heavy atom. The van der Waals surface area contributed by atoms with Crippen LogP contribution in [-0.2, 0) is 0 Å². The van der Waals surface area contributed by atoms with Gasteiger partial charge < -0.3 is 24.9 Å². The second-order valence-electron chi connectivity index (χ2n) is 10.7. The normalized spacial score (nSPS) is 17.9. The van der Waals surface area contributed by atoms with Gasteiger partial charge in [-0.25, -0.2) is 14.8 Å². The van der Waals surface area contributed by atoms with E-state index in [9.17, 15) is 4.79 Å². The third kappa shape index (κ3) is 7.47. The molecule has 0 atom stereocenters. The minimum atomic E-state index is -0.0169. The van der Waals surface area contributed by atoms with Gasteiger partial charge in [0.1, 0.15) is 6.33 Å². The number of urea groups is 1. The van der Waals surface area contributed by atoms with Gasteiger partial charge in [-0.05, 0) is 75.2 Å². The Hall–Kier alpha value is -3.39. The van der Waals surface area contributed by atoms with Crippen LogP contribution in [0, 0.1) is 0 Å². The van der Waals surface area contributed by atoms with Gasteiger partial charge in [0.15, 0.2) is 0 Å². The van der Waals surface area contributed by atoms with Crippen molar-refractivity contribution >= 4 is 34.0 Å². The van der Waals surface area contributed by atoms with Crippen molar-refractivity contribution in [3.8, 4) is 0 Å². The molecule has 0 radical (unpaired) electrons. The van der Waals surface area contributed by atoms with Crippen molar-refractivity contribution in [3.05, 3.63) is 54.5 Å². The largest absolute Gasteiger partial charge is 0.372 e.